The Hall–Kier alpha value is -1.73. The second-order valence-electron chi connectivity index (χ2n) is 3.78. The predicted octanol–water partition coefficient (Wildman–Crippen LogP) is 1.54. The molecule has 0 aliphatic carbocycles. The fourth-order valence-electron chi connectivity index (χ4n) is 1.44. The number of hydrogen-bond acceptors (Lipinski definition) is 5. The Kier molecular flexibility index (Phi) is 5.47. The maximum atomic E-state index is 13.1. The minimum absolute atomic E-state index is 0.213. The van der Waals surface area contributed by atoms with Gasteiger partial charge in [0.1, 0.15) is 5.82 Å². The number of non-ortho nitro benzene ring substituents is 1. The van der Waals surface area contributed by atoms with E-state index in [0.717, 1.165) is 12.1 Å². The molecule has 0 radical (unpaired) electrons. The Labute approximate surface area is 104 Å². The molecule has 0 saturated carbocycles. The average molecular weight is 258 g/mol. The van der Waals surface area contributed by atoms with Crippen LogP contribution in [0, 0.1) is 15.9 Å². The fourth-order valence-corrected chi connectivity index (χ4v) is 1.44. The zero-order chi connectivity index (χ0) is 13.5. The summed E-state index contributed by atoms with van der Waals surface area (Å²) in [6.45, 7) is 0.579. The first-order valence-electron chi connectivity index (χ1n) is 5.38. The number of benzene rings is 1. The lowest BCUT2D eigenvalue weighted by molar-refractivity contribution is -0.385. The van der Waals surface area contributed by atoms with E-state index in [0.29, 0.717) is 18.7 Å². The van der Waals surface area contributed by atoms with Crippen LogP contribution in [0.5, 0.6) is 0 Å². The Bertz CT molecular complexity index is 414. The van der Waals surface area contributed by atoms with Gasteiger partial charge in [0.05, 0.1) is 23.7 Å². The third-order valence-corrected chi connectivity index (χ3v) is 2.26. The molecule has 1 aromatic rings. The summed E-state index contributed by atoms with van der Waals surface area (Å²) < 4.78 is 17.8. The maximum Gasteiger partial charge on any atom is 0.274 e. The molecule has 1 unspecified atom stereocenters. The molecule has 0 heterocycles. The molecule has 0 fully saturated rings. The van der Waals surface area contributed by atoms with Crippen LogP contribution in [0.2, 0.25) is 0 Å². The molecule has 0 bridgehead atoms. The highest BCUT2D eigenvalue weighted by Crippen LogP contribution is 2.19. The second kappa shape index (κ2) is 6.87. The molecule has 0 saturated heterocycles. The highest BCUT2D eigenvalue weighted by molar-refractivity contribution is 5.51. The molecule has 6 nitrogen and oxygen atoms in total. The monoisotopic (exact) mass is 258 g/mol. The molecule has 18 heavy (non-hydrogen) atoms. The minimum Gasteiger partial charge on any atom is -0.391 e. The Morgan fingerprint density at radius 3 is 2.89 bits per heavy atom. The molecular formula is C11H15FN2O4. The van der Waals surface area contributed by atoms with E-state index in [-0.39, 0.29) is 12.3 Å². The highest BCUT2D eigenvalue weighted by Gasteiger charge is 2.10. The van der Waals surface area contributed by atoms with Gasteiger partial charge in [-0.2, -0.15) is 0 Å². The number of methoxy groups -OCH3 is 1. The van der Waals surface area contributed by atoms with E-state index in [9.17, 15) is 19.6 Å². The van der Waals surface area contributed by atoms with Crippen LogP contribution in [0.25, 0.3) is 0 Å². The molecule has 1 atom stereocenters. The topological polar surface area (TPSA) is 84.6 Å². The smallest absolute Gasteiger partial charge is 0.274 e. The Morgan fingerprint density at radius 1 is 1.56 bits per heavy atom. The van der Waals surface area contributed by atoms with E-state index in [1.807, 2.05) is 0 Å². The average Bonchev–Trinajstić information content (AvgIpc) is 2.28. The van der Waals surface area contributed by atoms with Crippen LogP contribution in [-0.4, -0.2) is 36.4 Å². The van der Waals surface area contributed by atoms with E-state index in [4.69, 9.17) is 4.74 Å². The number of rotatable bonds is 7. The Morgan fingerprint density at radius 2 is 2.28 bits per heavy atom. The van der Waals surface area contributed by atoms with Crippen LogP contribution in [0.15, 0.2) is 18.2 Å². The van der Waals surface area contributed by atoms with E-state index >= 15 is 0 Å². The SMILES string of the molecule is COCC(O)CCNc1cc(F)cc([N+](=O)[O-])c1. The van der Waals surface area contributed by atoms with Gasteiger partial charge in [-0.15, -0.1) is 0 Å². The van der Waals surface area contributed by atoms with Gasteiger partial charge in [-0.1, -0.05) is 0 Å². The zero-order valence-electron chi connectivity index (χ0n) is 9.93. The predicted molar refractivity (Wildman–Crippen MR) is 64.0 cm³/mol. The zero-order valence-corrected chi connectivity index (χ0v) is 9.93. The van der Waals surface area contributed by atoms with Crippen LogP contribution in [0.4, 0.5) is 15.8 Å². The van der Waals surface area contributed by atoms with Crippen LogP contribution < -0.4 is 5.32 Å². The largest absolute Gasteiger partial charge is 0.391 e. The summed E-state index contributed by atoms with van der Waals surface area (Å²) in [5.74, 6) is -0.677. The van der Waals surface area contributed by atoms with E-state index in [2.05, 4.69) is 5.32 Å². The standard InChI is InChI=1S/C11H15FN2O4/c1-18-7-11(15)2-3-13-9-4-8(12)5-10(6-9)14(16)17/h4-6,11,13,15H,2-3,7H2,1H3. The highest BCUT2D eigenvalue weighted by atomic mass is 19.1. The van der Waals surface area contributed by atoms with Crippen molar-refractivity contribution in [3.8, 4) is 0 Å². The number of aliphatic hydroxyl groups is 1. The molecule has 1 aromatic carbocycles. The molecule has 2 N–H and O–H groups in total. The van der Waals surface area contributed by atoms with Gasteiger partial charge < -0.3 is 15.2 Å². The van der Waals surface area contributed by atoms with Crippen molar-refractivity contribution in [3.63, 3.8) is 0 Å². The number of aliphatic hydroxyl groups excluding tert-OH is 1. The van der Waals surface area contributed by atoms with Crippen molar-refractivity contribution in [1.29, 1.82) is 0 Å². The lowest BCUT2D eigenvalue weighted by Gasteiger charge is -2.10. The van der Waals surface area contributed by atoms with Gasteiger partial charge in [0, 0.05) is 25.4 Å². The van der Waals surface area contributed by atoms with Gasteiger partial charge >= 0.3 is 0 Å². The molecular weight excluding hydrogens is 243 g/mol. The van der Waals surface area contributed by atoms with Crippen LogP contribution in [0.3, 0.4) is 0 Å². The number of halogens is 1. The number of nitrogens with one attached hydrogen (secondary N) is 1. The molecule has 0 amide bonds. The lowest BCUT2D eigenvalue weighted by Crippen LogP contribution is -2.18. The molecule has 0 aliphatic heterocycles. The lowest BCUT2D eigenvalue weighted by atomic mass is 10.2. The van der Waals surface area contributed by atoms with Crippen molar-refractivity contribution < 1.29 is 19.2 Å². The number of anilines is 1. The van der Waals surface area contributed by atoms with Crippen molar-refractivity contribution >= 4 is 11.4 Å². The fraction of sp³-hybridized carbons (Fsp3) is 0.455. The van der Waals surface area contributed by atoms with E-state index in [1.165, 1.54) is 13.2 Å². The van der Waals surface area contributed by atoms with E-state index in [1.54, 1.807) is 0 Å². The Balaban J connectivity index is 2.54. The molecule has 1 rings (SSSR count). The van der Waals surface area contributed by atoms with Crippen molar-refractivity contribution in [2.45, 2.75) is 12.5 Å². The van der Waals surface area contributed by atoms with Gasteiger partial charge in [0.25, 0.3) is 5.69 Å². The van der Waals surface area contributed by atoms with Gasteiger partial charge in [-0.25, -0.2) is 4.39 Å². The summed E-state index contributed by atoms with van der Waals surface area (Å²) >= 11 is 0. The first-order chi connectivity index (χ1) is 8.52. The first-order valence-corrected chi connectivity index (χ1v) is 5.38. The quantitative estimate of drug-likeness (QED) is 0.572. The number of ether oxygens (including phenoxy) is 1. The van der Waals surface area contributed by atoms with Crippen LogP contribution in [0.1, 0.15) is 6.42 Å². The number of hydrogen-bond donors (Lipinski definition) is 2. The summed E-state index contributed by atoms with van der Waals surface area (Å²) in [6, 6.07) is 3.26. The normalized spacial score (nSPS) is 12.2. The van der Waals surface area contributed by atoms with Gasteiger partial charge in [0.2, 0.25) is 0 Å². The first kappa shape index (κ1) is 14.3. The molecule has 0 aliphatic rings. The molecule has 0 aromatic heterocycles. The van der Waals surface area contributed by atoms with Gasteiger partial charge in [-0.05, 0) is 12.5 Å². The summed E-state index contributed by atoms with van der Waals surface area (Å²) in [6.07, 6.45) is -0.218. The van der Waals surface area contributed by atoms with Crippen molar-refractivity contribution in [2.24, 2.45) is 0 Å². The van der Waals surface area contributed by atoms with Crippen molar-refractivity contribution in [3.05, 3.63) is 34.1 Å². The third-order valence-electron chi connectivity index (χ3n) is 2.26. The summed E-state index contributed by atoms with van der Waals surface area (Å²) in [4.78, 5) is 9.87. The molecule has 100 valence electrons. The number of nitro groups is 1. The minimum atomic E-state index is -0.677. The van der Waals surface area contributed by atoms with Crippen molar-refractivity contribution in [2.75, 3.05) is 25.6 Å². The van der Waals surface area contributed by atoms with Gasteiger partial charge in [-0.3, -0.25) is 10.1 Å². The maximum absolute atomic E-state index is 13.1. The van der Waals surface area contributed by atoms with Crippen molar-refractivity contribution in [1.82, 2.24) is 0 Å². The second-order valence-corrected chi connectivity index (χ2v) is 3.78. The summed E-state index contributed by atoms with van der Waals surface area (Å²) in [7, 11) is 1.48. The van der Waals surface area contributed by atoms with Crippen LogP contribution >= 0.6 is 0 Å². The number of nitrogens with zero attached hydrogens (tertiary/aromatic N) is 1. The third kappa shape index (κ3) is 4.64. The van der Waals surface area contributed by atoms with Crippen LogP contribution in [-0.2, 0) is 4.74 Å². The summed E-state index contributed by atoms with van der Waals surface area (Å²) in [5, 5.41) is 22.7. The van der Waals surface area contributed by atoms with E-state index < -0.39 is 16.8 Å². The van der Waals surface area contributed by atoms with Gasteiger partial charge in [0.15, 0.2) is 0 Å². The summed E-state index contributed by atoms with van der Waals surface area (Å²) in [5.41, 5.74) is 0.00116. The molecule has 0 spiro atoms. The molecule has 7 heteroatoms. The number of nitro benzene ring substituents is 1.